The van der Waals surface area contributed by atoms with Crippen molar-refractivity contribution < 1.29 is 34.1 Å². The largest absolute Gasteiger partial charge is 0.549 e. The standard InChI is InChI=1S/C15H22O7/c1-10(13(17)18)15(14(19)20,7-8-21-2)9-12(16)22-11-5-3-4-6-11/h11H,1,3-9H2,2H3,(H,17,18)(H,19,20)/p-2. The van der Waals surface area contributed by atoms with E-state index in [0.29, 0.717) is 0 Å². The van der Waals surface area contributed by atoms with Crippen molar-refractivity contribution in [2.75, 3.05) is 13.7 Å². The maximum atomic E-state index is 12.0. The Bertz CT molecular complexity index is 451. The Morgan fingerprint density at radius 1 is 1.23 bits per heavy atom. The van der Waals surface area contributed by atoms with Gasteiger partial charge in [0.25, 0.3) is 0 Å². The van der Waals surface area contributed by atoms with Gasteiger partial charge >= 0.3 is 5.97 Å². The van der Waals surface area contributed by atoms with Gasteiger partial charge in [-0.05, 0) is 37.7 Å². The molecule has 0 bridgehead atoms. The molecule has 7 nitrogen and oxygen atoms in total. The first-order valence-electron chi connectivity index (χ1n) is 7.14. The molecule has 0 aliphatic heterocycles. The average molecular weight is 312 g/mol. The number of carboxylic acid groups (broad SMARTS) is 2. The molecule has 1 fully saturated rings. The monoisotopic (exact) mass is 312 g/mol. The highest BCUT2D eigenvalue weighted by Gasteiger charge is 2.39. The molecule has 0 heterocycles. The van der Waals surface area contributed by atoms with Crippen LogP contribution in [0.15, 0.2) is 12.2 Å². The summed E-state index contributed by atoms with van der Waals surface area (Å²) in [7, 11) is 1.33. The van der Waals surface area contributed by atoms with E-state index < -0.39 is 35.3 Å². The second kappa shape index (κ2) is 7.93. The van der Waals surface area contributed by atoms with Crippen LogP contribution < -0.4 is 10.2 Å². The summed E-state index contributed by atoms with van der Waals surface area (Å²) in [6.07, 6.45) is 2.16. The summed E-state index contributed by atoms with van der Waals surface area (Å²) in [5.74, 6) is -4.23. The normalized spacial score (nSPS) is 17.7. The first-order valence-corrected chi connectivity index (χ1v) is 7.14. The number of carbonyl (C=O) groups is 3. The summed E-state index contributed by atoms with van der Waals surface area (Å²) in [6.45, 7) is 3.17. The molecule has 22 heavy (non-hydrogen) atoms. The molecule has 0 saturated heterocycles. The van der Waals surface area contributed by atoms with E-state index in [2.05, 4.69) is 6.58 Å². The SMILES string of the molecule is C=C(C(=O)[O-])C(CCOC)(CC(=O)OC1CCCC1)C(=O)[O-]. The smallest absolute Gasteiger partial charge is 0.307 e. The molecule has 0 N–H and O–H groups in total. The van der Waals surface area contributed by atoms with E-state index >= 15 is 0 Å². The summed E-state index contributed by atoms with van der Waals surface area (Å²) in [5, 5.41) is 22.6. The topological polar surface area (TPSA) is 116 Å². The van der Waals surface area contributed by atoms with Crippen molar-refractivity contribution >= 4 is 17.9 Å². The van der Waals surface area contributed by atoms with E-state index in [4.69, 9.17) is 9.47 Å². The number of aliphatic carboxylic acids is 2. The summed E-state index contributed by atoms with van der Waals surface area (Å²) in [6, 6.07) is 0. The summed E-state index contributed by atoms with van der Waals surface area (Å²) < 4.78 is 10.00. The van der Waals surface area contributed by atoms with Gasteiger partial charge in [0.05, 0.1) is 18.4 Å². The molecule has 0 amide bonds. The molecule has 0 aromatic rings. The molecule has 124 valence electrons. The highest BCUT2D eigenvalue weighted by molar-refractivity contribution is 5.96. The van der Waals surface area contributed by atoms with E-state index in [-0.39, 0.29) is 19.1 Å². The third-order valence-electron chi connectivity index (χ3n) is 3.99. The minimum atomic E-state index is -2.09. The lowest BCUT2D eigenvalue weighted by molar-refractivity contribution is -0.322. The number of esters is 1. The number of methoxy groups -OCH3 is 1. The van der Waals surface area contributed by atoms with Crippen LogP contribution in [-0.2, 0) is 23.9 Å². The van der Waals surface area contributed by atoms with E-state index in [0.717, 1.165) is 25.7 Å². The summed E-state index contributed by atoms with van der Waals surface area (Å²) >= 11 is 0. The summed E-state index contributed by atoms with van der Waals surface area (Å²) in [4.78, 5) is 34.6. The predicted octanol–water partition coefficient (Wildman–Crippen LogP) is -1.06. The van der Waals surface area contributed by atoms with Gasteiger partial charge in [0.1, 0.15) is 6.10 Å². The van der Waals surface area contributed by atoms with Gasteiger partial charge in [-0.15, -0.1) is 0 Å². The third kappa shape index (κ3) is 4.30. The van der Waals surface area contributed by atoms with Crippen molar-refractivity contribution in [1.82, 2.24) is 0 Å². The van der Waals surface area contributed by atoms with Crippen LogP contribution in [-0.4, -0.2) is 37.7 Å². The minimum Gasteiger partial charge on any atom is -0.549 e. The maximum Gasteiger partial charge on any atom is 0.307 e. The Labute approximate surface area is 128 Å². The van der Waals surface area contributed by atoms with E-state index in [1.165, 1.54) is 7.11 Å². The number of rotatable bonds is 9. The highest BCUT2D eigenvalue weighted by atomic mass is 16.5. The third-order valence-corrected chi connectivity index (χ3v) is 3.99. The zero-order valence-corrected chi connectivity index (χ0v) is 12.6. The van der Waals surface area contributed by atoms with Gasteiger partial charge in [-0.3, -0.25) is 4.79 Å². The Morgan fingerprint density at radius 2 is 1.82 bits per heavy atom. The molecular formula is C15H20O7-2. The molecule has 7 heteroatoms. The lowest BCUT2D eigenvalue weighted by atomic mass is 9.75. The van der Waals surface area contributed by atoms with Crippen molar-refractivity contribution in [3.05, 3.63) is 12.2 Å². The second-order valence-corrected chi connectivity index (χ2v) is 5.45. The maximum absolute atomic E-state index is 12.0. The van der Waals surface area contributed by atoms with Crippen LogP contribution in [0.25, 0.3) is 0 Å². The first-order chi connectivity index (χ1) is 10.3. The van der Waals surface area contributed by atoms with Gasteiger partial charge in [0.2, 0.25) is 0 Å². The average Bonchev–Trinajstić information content (AvgIpc) is 2.94. The number of carbonyl (C=O) groups excluding carboxylic acids is 3. The molecular weight excluding hydrogens is 292 g/mol. The molecule has 0 aromatic heterocycles. The second-order valence-electron chi connectivity index (χ2n) is 5.45. The zero-order chi connectivity index (χ0) is 16.8. The fourth-order valence-corrected chi connectivity index (χ4v) is 2.60. The molecule has 1 saturated carbocycles. The van der Waals surface area contributed by atoms with Gasteiger partial charge in [0, 0.05) is 19.1 Å². The highest BCUT2D eigenvalue weighted by Crippen LogP contribution is 2.35. The number of carboxylic acids is 2. The Morgan fingerprint density at radius 3 is 2.27 bits per heavy atom. The Balaban J connectivity index is 2.91. The fraction of sp³-hybridized carbons (Fsp3) is 0.667. The van der Waals surface area contributed by atoms with Crippen molar-refractivity contribution in [1.29, 1.82) is 0 Å². The number of hydrogen-bond donors (Lipinski definition) is 0. The molecule has 1 unspecified atom stereocenters. The quantitative estimate of drug-likeness (QED) is 0.393. The van der Waals surface area contributed by atoms with Crippen molar-refractivity contribution in [3.63, 3.8) is 0 Å². The van der Waals surface area contributed by atoms with Crippen molar-refractivity contribution in [2.24, 2.45) is 5.41 Å². The van der Waals surface area contributed by atoms with E-state index in [1.54, 1.807) is 0 Å². The van der Waals surface area contributed by atoms with E-state index in [9.17, 15) is 24.6 Å². The summed E-state index contributed by atoms with van der Waals surface area (Å²) in [5.41, 5.74) is -2.81. The fourth-order valence-electron chi connectivity index (χ4n) is 2.60. The molecule has 0 radical (unpaired) electrons. The first kappa shape index (κ1) is 18.2. The Kier molecular flexibility index (Phi) is 6.55. The Hall–Kier alpha value is -1.89. The minimum absolute atomic E-state index is 0.0724. The molecule has 1 aliphatic carbocycles. The number of hydrogen-bond acceptors (Lipinski definition) is 7. The van der Waals surface area contributed by atoms with Gasteiger partial charge in [-0.2, -0.15) is 0 Å². The molecule has 1 aliphatic rings. The molecule has 1 atom stereocenters. The van der Waals surface area contributed by atoms with Crippen molar-refractivity contribution in [2.45, 2.75) is 44.6 Å². The number of ether oxygens (including phenoxy) is 2. The zero-order valence-electron chi connectivity index (χ0n) is 12.6. The van der Waals surface area contributed by atoms with Crippen LogP contribution in [0.3, 0.4) is 0 Å². The van der Waals surface area contributed by atoms with Gasteiger partial charge in [-0.25, -0.2) is 0 Å². The van der Waals surface area contributed by atoms with E-state index in [1.807, 2.05) is 0 Å². The van der Waals surface area contributed by atoms with Crippen LogP contribution in [0.2, 0.25) is 0 Å². The molecule has 0 spiro atoms. The molecule has 1 rings (SSSR count). The van der Waals surface area contributed by atoms with Gasteiger partial charge < -0.3 is 29.3 Å². The predicted molar refractivity (Wildman–Crippen MR) is 71.0 cm³/mol. The van der Waals surface area contributed by atoms with Crippen LogP contribution in [0.5, 0.6) is 0 Å². The van der Waals surface area contributed by atoms with Crippen LogP contribution >= 0.6 is 0 Å². The lowest BCUT2D eigenvalue weighted by Crippen LogP contribution is -2.49. The van der Waals surface area contributed by atoms with Gasteiger partial charge in [-0.1, -0.05) is 6.58 Å². The molecule has 0 aromatic carbocycles. The van der Waals surface area contributed by atoms with Crippen LogP contribution in [0.1, 0.15) is 38.5 Å². The lowest BCUT2D eigenvalue weighted by Gasteiger charge is -2.36. The van der Waals surface area contributed by atoms with Gasteiger partial charge in [0.15, 0.2) is 0 Å². The van der Waals surface area contributed by atoms with Crippen LogP contribution in [0.4, 0.5) is 0 Å². The van der Waals surface area contributed by atoms with Crippen molar-refractivity contribution in [3.8, 4) is 0 Å². The van der Waals surface area contributed by atoms with Crippen LogP contribution in [0, 0.1) is 5.41 Å².